The van der Waals surface area contributed by atoms with Crippen LogP contribution in [-0.4, -0.2) is 26.3 Å². The van der Waals surface area contributed by atoms with E-state index in [2.05, 4.69) is 4.98 Å². The first-order valence-corrected chi connectivity index (χ1v) is 9.93. The number of benzene rings is 2. The first-order valence-electron chi connectivity index (χ1n) is 9.93. The van der Waals surface area contributed by atoms with Gasteiger partial charge in [-0.05, 0) is 42.3 Å². The van der Waals surface area contributed by atoms with Gasteiger partial charge in [0.2, 0.25) is 0 Å². The second kappa shape index (κ2) is 7.36. The van der Waals surface area contributed by atoms with Gasteiger partial charge >= 0.3 is 0 Å². The van der Waals surface area contributed by atoms with Crippen LogP contribution in [0.2, 0.25) is 0 Å². The van der Waals surface area contributed by atoms with E-state index < -0.39 is 0 Å². The Hall–Kier alpha value is -4.00. The van der Waals surface area contributed by atoms with Crippen molar-refractivity contribution in [3.8, 4) is 22.6 Å². The summed E-state index contributed by atoms with van der Waals surface area (Å²) in [4.78, 5) is 17.8. The quantitative estimate of drug-likeness (QED) is 0.437. The number of aromatic nitrogens is 4. The molecule has 6 nitrogen and oxygen atoms in total. The SMILES string of the molecule is CCc1nn2c(ncc3c(=O)n(-c4cccc(OC)c4)ccc32)c1-c1ccc(F)cc1. The highest BCUT2D eigenvalue weighted by Gasteiger charge is 2.18. The van der Waals surface area contributed by atoms with Crippen molar-refractivity contribution < 1.29 is 9.13 Å². The number of halogens is 1. The van der Waals surface area contributed by atoms with Crippen LogP contribution < -0.4 is 10.3 Å². The Morgan fingerprint density at radius 2 is 1.90 bits per heavy atom. The van der Waals surface area contributed by atoms with Crippen molar-refractivity contribution in [2.45, 2.75) is 13.3 Å². The molecule has 3 heterocycles. The van der Waals surface area contributed by atoms with Crippen LogP contribution in [0.4, 0.5) is 4.39 Å². The van der Waals surface area contributed by atoms with E-state index in [-0.39, 0.29) is 11.4 Å². The number of aryl methyl sites for hydroxylation is 1. The summed E-state index contributed by atoms with van der Waals surface area (Å²) in [6, 6.07) is 15.4. The molecule has 31 heavy (non-hydrogen) atoms. The molecule has 5 aromatic rings. The maximum Gasteiger partial charge on any atom is 0.266 e. The van der Waals surface area contributed by atoms with Gasteiger partial charge in [-0.3, -0.25) is 9.36 Å². The van der Waals surface area contributed by atoms with Crippen molar-refractivity contribution in [1.82, 2.24) is 19.2 Å². The minimum Gasteiger partial charge on any atom is -0.497 e. The van der Waals surface area contributed by atoms with Gasteiger partial charge in [0.1, 0.15) is 11.6 Å². The second-order valence-corrected chi connectivity index (χ2v) is 7.17. The topological polar surface area (TPSA) is 61.4 Å². The molecule has 0 N–H and O–H groups in total. The van der Waals surface area contributed by atoms with E-state index in [0.29, 0.717) is 34.4 Å². The number of pyridine rings is 1. The lowest BCUT2D eigenvalue weighted by atomic mass is 10.0. The molecule has 0 fully saturated rings. The van der Waals surface area contributed by atoms with Crippen LogP contribution in [0.3, 0.4) is 0 Å². The van der Waals surface area contributed by atoms with Gasteiger partial charge in [-0.25, -0.2) is 13.9 Å². The second-order valence-electron chi connectivity index (χ2n) is 7.17. The summed E-state index contributed by atoms with van der Waals surface area (Å²) >= 11 is 0. The third kappa shape index (κ3) is 3.06. The standard InChI is InChI=1S/C24H19FN4O2/c1-3-20-22(15-7-9-16(25)10-8-15)23-26-14-19-21(29(23)27-20)11-12-28(24(19)30)17-5-4-6-18(13-17)31-2/h4-14H,3H2,1-2H3. The van der Waals surface area contributed by atoms with Crippen molar-refractivity contribution in [2.24, 2.45) is 0 Å². The lowest BCUT2D eigenvalue weighted by molar-refractivity contribution is 0.414. The van der Waals surface area contributed by atoms with Crippen LogP contribution >= 0.6 is 0 Å². The number of nitrogens with zero attached hydrogens (tertiary/aromatic N) is 4. The van der Waals surface area contributed by atoms with Crippen LogP contribution in [0.25, 0.3) is 33.4 Å². The zero-order chi connectivity index (χ0) is 21.5. The van der Waals surface area contributed by atoms with E-state index in [4.69, 9.17) is 9.84 Å². The predicted octanol–water partition coefficient (Wildman–Crippen LogP) is 4.41. The van der Waals surface area contributed by atoms with E-state index >= 15 is 0 Å². The molecule has 0 aliphatic rings. The van der Waals surface area contributed by atoms with Gasteiger partial charge in [-0.1, -0.05) is 25.1 Å². The van der Waals surface area contributed by atoms with Crippen LogP contribution in [-0.2, 0) is 6.42 Å². The van der Waals surface area contributed by atoms with Crippen molar-refractivity contribution in [2.75, 3.05) is 7.11 Å². The van der Waals surface area contributed by atoms with E-state index in [1.165, 1.54) is 12.1 Å². The van der Waals surface area contributed by atoms with Crippen LogP contribution in [0.1, 0.15) is 12.6 Å². The third-order valence-corrected chi connectivity index (χ3v) is 5.38. The Balaban J connectivity index is 1.75. The number of hydrogen-bond donors (Lipinski definition) is 0. The molecule has 0 atom stereocenters. The molecule has 0 saturated carbocycles. The summed E-state index contributed by atoms with van der Waals surface area (Å²) in [6.45, 7) is 2.01. The number of fused-ring (bicyclic) bond motifs is 3. The van der Waals surface area contributed by atoms with Crippen LogP contribution in [0, 0.1) is 5.82 Å². The average Bonchev–Trinajstić information content (AvgIpc) is 3.19. The Labute approximate surface area is 177 Å². The third-order valence-electron chi connectivity index (χ3n) is 5.38. The molecule has 154 valence electrons. The van der Waals surface area contributed by atoms with Crippen LogP contribution in [0.15, 0.2) is 71.8 Å². The molecule has 0 bridgehead atoms. The first kappa shape index (κ1) is 19.0. The fourth-order valence-corrected chi connectivity index (χ4v) is 3.84. The largest absolute Gasteiger partial charge is 0.497 e. The Morgan fingerprint density at radius 3 is 2.65 bits per heavy atom. The maximum absolute atomic E-state index is 13.4. The van der Waals surface area contributed by atoms with Crippen molar-refractivity contribution in [3.63, 3.8) is 0 Å². The fourth-order valence-electron chi connectivity index (χ4n) is 3.84. The Kier molecular flexibility index (Phi) is 4.51. The van der Waals surface area contributed by atoms with Gasteiger partial charge in [-0.15, -0.1) is 0 Å². The molecule has 2 aromatic carbocycles. The molecule has 0 amide bonds. The lowest BCUT2D eigenvalue weighted by Crippen LogP contribution is -2.18. The zero-order valence-electron chi connectivity index (χ0n) is 17.0. The van der Waals surface area contributed by atoms with Gasteiger partial charge in [-0.2, -0.15) is 5.10 Å². The molecule has 0 aliphatic heterocycles. The molecule has 0 radical (unpaired) electrons. The Bertz CT molecular complexity index is 1490. The van der Waals surface area contributed by atoms with Crippen molar-refractivity contribution in [3.05, 3.63) is 88.9 Å². The number of methoxy groups -OCH3 is 1. The number of ether oxygens (including phenoxy) is 1. The summed E-state index contributed by atoms with van der Waals surface area (Å²) in [5, 5.41) is 5.17. The van der Waals surface area contributed by atoms with Gasteiger partial charge in [0.15, 0.2) is 5.65 Å². The number of hydrogen-bond acceptors (Lipinski definition) is 4. The van der Waals surface area contributed by atoms with Crippen LogP contribution in [0.5, 0.6) is 5.75 Å². The molecule has 5 rings (SSSR count). The predicted molar refractivity (Wildman–Crippen MR) is 117 cm³/mol. The first-order chi connectivity index (χ1) is 15.1. The van der Waals surface area contributed by atoms with Gasteiger partial charge < -0.3 is 4.74 Å². The summed E-state index contributed by atoms with van der Waals surface area (Å²) in [6.07, 6.45) is 3.99. The lowest BCUT2D eigenvalue weighted by Gasteiger charge is -2.09. The normalized spacial score (nSPS) is 11.3. The van der Waals surface area contributed by atoms with Gasteiger partial charge in [0, 0.05) is 24.0 Å². The zero-order valence-corrected chi connectivity index (χ0v) is 17.0. The molecule has 0 unspecified atom stereocenters. The molecule has 0 spiro atoms. The minimum absolute atomic E-state index is 0.197. The number of rotatable bonds is 4. The van der Waals surface area contributed by atoms with E-state index in [0.717, 1.165) is 16.8 Å². The van der Waals surface area contributed by atoms with E-state index in [1.54, 1.807) is 46.8 Å². The average molecular weight is 414 g/mol. The molecule has 0 saturated heterocycles. The smallest absolute Gasteiger partial charge is 0.266 e. The van der Waals surface area contributed by atoms with Crippen molar-refractivity contribution >= 4 is 16.6 Å². The summed E-state index contributed by atoms with van der Waals surface area (Å²) in [5.41, 5.74) is 4.33. The van der Waals surface area contributed by atoms with Gasteiger partial charge in [0.25, 0.3) is 5.56 Å². The molecule has 7 heteroatoms. The van der Waals surface area contributed by atoms with E-state index in [9.17, 15) is 9.18 Å². The highest BCUT2D eigenvalue weighted by molar-refractivity contribution is 5.86. The summed E-state index contributed by atoms with van der Waals surface area (Å²) < 4.78 is 22.0. The molecular formula is C24H19FN4O2. The summed E-state index contributed by atoms with van der Waals surface area (Å²) in [7, 11) is 1.59. The summed E-state index contributed by atoms with van der Waals surface area (Å²) in [5.74, 6) is 0.372. The Morgan fingerprint density at radius 1 is 1.10 bits per heavy atom. The molecule has 3 aromatic heterocycles. The molecule has 0 aliphatic carbocycles. The minimum atomic E-state index is -0.297. The fraction of sp³-hybridized carbons (Fsp3) is 0.125. The highest BCUT2D eigenvalue weighted by Crippen LogP contribution is 2.29. The maximum atomic E-state index is 13.4. The molecular weight excluding hydrogens is 395 g/mol. The highest BCUT2D eigenvalue weighted by atomic mass is 19.1. The van der Waals surface area contributed by atoms with Gasteiger partial charge in [0.05, 0.1) is 29.4 Å². The van der Waals surface area contributed by atoms with E-state index in [1.807, 2.05) is 31.2 Å². The monoisotopic (exact) mass is 414 g/mol. The van der Waals surface area contributed by atoms with Crippen molar-refractivity contribution in [1.29, 1.82) is 0 Å².